The van der Waals surface area contributed by atoms with E-state index in [0.29, 0.717) is 75.1 Å². The molecule has 0 saturated carbocycles. The van der Waals surface area contributed by atoms with E-state index in [4.69, 9.17) is 15.3 Å². The maximum atomic E-state index is 11.7. The number of hydrogen-bond acceptors (Lipinski definition) is 10. The minimum absolute atomic E-state index is 0.0130. The summed E-state index contributed by atoms with van der Waals surface area (Å²) in [5.74, 6) is -2.89. The number of anilines is 3. The lowest BCUT2D eigenvalue weighted by Crippen LogP contribution is -2.16. The van der Waals surface area contributed by atoms with Crippen LogP contribution in [0.4, 0.5) is 17.8 Å². The van der Waals surface area contributed by atoms with Crippen LogP contribution in [-0.4, -0.2) is 83.9 Å². The normalized spacial score (nSPS) is 11.5. The zero-order valence-corrected chi connectivity index (χ0v) is 23.6. The first kappa shape index (κ1) is 33.8. The van der Waals surface area contributed by atoms with E-state index in [1.807, 2.05) is 0 Å². The highest BCUT2D eigenvalue weighted by atomic mass is 16.4. The number of H-pyrrole nitrogens is 1. The van der Waals surface area contributed by atoms with Crippen LogP contribution in [0.5, 0.6) is 0 Å². The van der Waals surface area contributed by atoms with Gasteiger partial charge in [0.25, 0.3) is 0 Å². The highest BCUT2D eigenvalue weighted by Crippen LogP contribution is 2.28. The smallest absolute Gasteiger partial charge is 0.352 e. The summed E-state index contributed by atoms with van der Waals surface area (Å²) in [6.07, 6.45) is 7.26. The summed E-state index contributed by atoms with van der Waals surface area (Å²) >= 11 is 0. The van der Waals surface area contributed by atoms with Gasteiger partial charge in [0.05, 0.1) is 0 Å². The van der Waals surface area contributed by atoms with E-state index in [0.717, 1.165) is 25.7 Å². The maximum absolute atomic E-state index is 11.7. The lowest BCUT2D eigenvalue weighted by Gasteiger charge is -2.17. The summed E-state index contributed by atoms with van der Waals surface area (Å²) in [7, 11) is 0. The number of nitrogens with zero attached hydrogens (tertiary/aromatic N) is 3. The number of aromatic carboxylic acids is 1. The first-order chi connectivity index (χ1) is 20.2. The number of rotatable bonds is 24. The Labute approximate surface area is 243 Å². The monoisotopic (exact) mass is 591 g/mol. The molecule has 0 saturated heterocycles. The number of carboxylic acids is 4. The molecular formula is C27H41N7O8. The molecule has 2 aromatic heterocycles. The molecule has 42 heavy (non-hydrogen) atoms. The summed E-state index contributed by atoms with van der Waals surface area (Å²) in [5.41, 5.74) is 0.695. The van der Waals surface area contributed by atoms with Gasteiger partial charge in [-0.05, 0) is 62.5 Å². The molecule has 0 spiro atoms. The first-order valence-corrected chi connectivity index (χ1v) is 14.2. The quantitative estimate of drug-likeness (QED) is 0.0809. The third kappa shape index (κ3) is 13.8. The van der Waals surface area contributed by atoms with E-state index < -0.39 is 23.9 Å². The zero-order chi connectivity index (χ0) is 30.7. The van der Waals surface area contributed by atoms with Gasteiger partial charge in [-0.1, -0.05) is 12.8 Å². The molecule has 0 aliphatic heterocycles. The van der Waals surface area contributed by atoms with Crippen molar-refractivity contribution >= 4 is 41.7 Å². The van der Waals surface area contributed by atoms with Gasteiger partial charge in [0.2, 0.25) is 17.8 Å². The second-order valence-electron chi connectivity index (χ2n) is 9.88. The summed E-state index contributed by atoms with van der Waals surface area (Å²) in [4.78, 5) is 60.0. The van der Waals surface area contributed by atoms with Crippen LogP contribution in [0.15, 0.2) is 12.3 Å². The van der Waals surface area contributed by atoms with E-state index in [2.05, 4.69) is 35.9 Å². The minimum atomic E-state index is -1.08. The third-order valence-corrected chi connectivity index (χ3v) is 6.49. The Kier molecular flexibility index (Phi) is 15.1. The zero-order valence-electron chi connectivity index (χ0n) is 23.6. The number of aromatic nitrogens is 4. The molecular weight excluding hydrogens is 550 g/mol. The van der Waals surface area contributed by atoms with Crippen molar-refractivity contribution in [1.29, 1.82) is 0 Å². The standard InChI is InChI=1S/C27H41N7O8/c35-20(36)9-3-1-5-14-29-25-32-26(30-15-6-2-4-10-21(37)38)34-27(33-25)31-16-12-18(8-7-11-22(39)40)19-13-17-28-23(19)24(41)42/h13,17-18,28H,1-12,14-16H2,(H,35,36)(H,37,38)(H,39,40)(H,41,42)(H3,29,30,31,32,33,34). The van der Waals surface area contributed by atoms with Crippen molar-refractivity contribution in [1.82, 2.24) is 19.9 Å². The van der Waals surface area contributed by atoms with Crippen LogP contribution in [-0.2, 0) is 14.4 Å². The molecule has 0 radical (unpaired) electrons. The molecule has 0 fully saturated rings. The summed E-state index contributed by atoms with van der Waals surface area (Å²) < 4.78 is 0. The van der Waals surface area contributed by atoms with Crippen molar-refractivity contribution in [2.45, 2.75) is 83.0 Å². The average molecular weight is 592 g/mol. The van der Waals surface area contributed by atoms with Gasteiger partial charge < -0.3 is 41.4 Å². The lowest BCUT2D eigenvalue weighted by molar-refractivity contribution is -0.138. The fraction of sp³-hybridized carbons (Fsp3) is 0.593. The molecule has 15 nitrogen and oxygen atoms in total. The number of carbonyl (C=O) groups is 4. The first-order valence-electron chi connectivity index (χ1n) is 14.2. The fourth-order valence-electron chi connectivity index (χ4n) is 4.39. The van der Waals surface area contributed by atoms with Crippen molar-refractivity contribution in [2.24, 2.45) is 0 Å². The molecule has 0 amide bonds. The lowest BCUT2D eigenvalue weighted by atomic mass is 9.90. The molecule has 0 aliphatic carbocycles. The van der Waals surface area contributed by atoms with Gasteiger partial charge in [0.1, 0.15) is 5.69 Å². The SMILES string of the molecule is O=C(O)CCCCCNc1nc(NCCCCCC(=O)O)nc(NCCC(CCCC(=O)O)c2cc[nH]c2C(=O)O)n1. The van der Waals surface area contributed by atoms with Crippen LogP contribution in [0.1, 0.15) is 99.0 Å². The number of aromatic amines is 1. The van der Waals surface area contributed by atoms with E-state index in [1.54, 1.807) is 12.3 Å². The van der Waals surface area contributed by atoms with Gasteiger partial charge in [-0.15, -0.1) is 0 Å². The Morgan fingerprint density at radius 3 is 1.60 bits per heavy atom. The van der Waals surface area contributed by atoms with E-state index in [-0.39, 0.29) is 30.9 Å². The van der Waals surface area contributed by atoms with Crippen molar-refractivity contribution in [2.75, 3.05) is 35.6 Å². The van der Waals surface area contributed by atoms with Crippen molar-refractivity contribution in [3.8, 4) is 0 Å². The second-order valence-corrected chi connectivity index (χ2v) is 9.88. The molecule has 1 unspecified atom stereocenters. The van der Waals surface area contributed by atoms with E-state index in [9.17, 15) is 24.3 Å². The minimum Gasteiger partial charge on any atom is -0.481 e. The van der Waals surface area contributed by atoms with Crippen LogP contribution in [0, 0.1) is 0 Å². The van der Waals surface area contributed by atoms with Crippen molar-refractivity contribution in [3.63, 3.8) is 0 Å². The Morgan fingerprint density at radius 1 is 0.643 bits per heavy atom. The Bertz CT molecular complexity index is 1110. The fourth-order valence-corrected chi connectivity index (χ4v) is 4.39. The van der Waals surface area contributed by atoms with Crippen LogP contribution in [0.3, 0.4) is 0 Å². The second kappa shape index (κ2) is 18.8. The number of carboxylic acid groups (broad SMARTS) is 4. The van der Waals surface area contributed by atoms with Gasteiger partial charge in [0, 0.05) is 45.1 Å². The largest absolute Gasteiger partial charge is 0.481 e. The molecule has 232 valence electrons. The van der Waals surface area contributed by atoms with Gasteiger partial charge in [-0.2, -0.15) is 15.0 Å². The molecule has 1 atom stereocenters. The van der Waals surface area contributed by atoms with E-state index in [1.165, 1.54) is 0 Å². The van der Waals surface area contributed by atoms with Crippen LogP contribution in [0.2, 0.25) is 0 Å². The predicted octanol–water partition coefficient (Wildman–Crippen LogP) is 3.85. The molecule has 2 aromatic rings. The topological polar surface area (TPSA) is 240 Å². The summed E-state index contributed by atoms with van der Waals surface area (Å²) in [6, 6.07) is 1.70. The molecule has 0 aliphatic rings. The molecule has 2 heterocycles. The highest BCUT2D eigenvalue weighted by Gasteiger charge is 2.20. The van der Waals surface area contributed by atoms with Crippen molar-refractivity contribution in [3.05, 3.63) is 23.5 Å². The Balaban J connectivity index is 2.03. The molecule has 0 bridgehead atoms. The van der Waals surface area contributed by atoms with Gasteiger partial charge in [-0.25, -0.2) is 4.79 Å². The van der Waals surface area contributed by atoms with E-state index >= 15 is 0 Å². The Morgan fingerprint density at radius 2 is 1.12 bits per heavy atom. The van der Waals surface area contributed by atoms with Gasteiger partial charge in [0.15, 0.2) is 0 Å². The van der Waals surface area contributed by atoms with Gasteiger partial charge >= 0.3 is 23.9 Å². The maximum Gasteiger partial charge on any atom is 0.352 e. The Hall–Kier alpha value is -4.43. The summed E-state index contributed by atoms with van der Waals surface area (Å²) in [6.45, 7) is 1.46. The van der Waals surface area contributed by atoms with Gasteiger partial charge in [-0.3, -0.25) is 14.4 Å². The summed E-state index contributed by atoms with van der Waals surface area (Å²) in [5, 5.41) is 45.6. The highest BCUT2D eigenvalue weighted by molar-refractivity contribution is 5.87. The molecule has 0 aromatic carbocycles. The van der Waals surface area contributed by atoms with Crippen LogP contribution < -0.4 is 16.0 Å². The molecule has 8 N–H and O–H groups in total. The van der Waals surface area contributed by atoms with Crippen LogP contribution in [0.25, 0.3) is 0 Å². The average Bonchev–Trinajstić information content (AvgIpc) is 3.41. The number of aliphatic carboxylic acids is 3. The number of nitrogens with one attached hydrogen (secondary N) is 4. The number of hydrogen-bond donors (Lipinski definition) is 8. The third-order valence-electron chi connectivity index (χ3n) is 6.49. The van der Waals surface area contributed by atoms with Crippen molar-refractivity contribution < 1.29 is 39.6 Å². The predicted molar refractivity (Wildman–Crippen MR) is 154 cm³/mol. The number of unbranched alkanes of at least 4 members (excludes halogenated alkanes) is 4. The molecule has 15 heteroatoms. The van der Waals surface area contributed by atoms with Crippen LogP contribution >= 0.6 is 0 Å². The molecule has 2 rings (SSSR count).